The van der Waals surface area contributed by atoms with Crippen molar-refractivity contribution in [1.29, 1.82) is 0 Å². The summed E-state index contributed by atoms with van der Waals surface area (Å²) in [4.78, 5) is 10.6. The molecule has 88 valence electrons. The fourth-order valence-corrected chi connectivity index (χ4v) is 1.26. The van der Waals surface area contributed by atoms with Crippen LogP contribution >= 0.6 is 0 Å². The number of ether oxygens (including phenoxy) is 1. The Hall–Kier alpha value is -1.91. The van der Waals surface area contributed by atoms with E-state index in [2.05, 4.69) is 10.6 Å². The molecule has 5 heteroatoms. The Kier molecular flexibility index (Phi) is 4.44. The summed E-state index contributed by atoms with van der Waals surface area (Å²) in [6, 6.07) is 5.43. The predicted octanol–water partition coefficient (Wildman–Crippen LogP) is 0.825. The van der Waals surface area contributed by atoms with E-state index in [0.29, 0.717) is 18.8 Å². The average molecular weight is 223 g/mol. The van der Waals surface area contributed by atoms with Crippen molar-refractivity contribution in [3.05, 3.63) is 18.2 Å². The van der Waals surface area contributed by atoms with Crippen molar-refractivity contribution < 1.29 is 9.53 Å². The second-order valence-corrected chi connectivity index (χ2v) is 3.36. The third-order valence-corrected chi connectivity index (χ3v) is 2.07. The average Bonchev–Trinajstić information content (AvgIpc) is 2.25. The Labute approximate surface area is 95.0 Å². The Bertz CT molecular complexity index is 366. The molecule has 0 aromatic heterocycles. The highest BCUT2D eigenvalue weighted by molar-refractivity contribution is 5.73. The highest BCUT2D eigenvalue weighted by Crippen LogP contribution is 2.23. The number of hydrogen-bond acceptors (Lipinski definition) is 4. The maximum absolute atomic E-state index is 10.6. The van der Waals surface area contributed by atoms with Crippen LogP contribution in [-0.2, 0) is 4.79 Å². The second-order valence-electron chi connectivity index (χ2n) is 3.36. The van der Waals surface area contributed by atoms with E-state index >= 15 is 0 Å². The fraction of sp³-hybridized carbons (Fsp3) is 0.364. The van der Waals surface area contributed by atoms with Gasteiger partial charge in [0.1, 0.15) is 5.75 Å². The number of amides is 1. The molecule has 0 heterocycles. The summed E-state index contributed by atoms with van der Waals surface area (Å²) in [6.45, 7) is 2.69. The molecule has 5 nitrogen and oxygen atoms in total. The zero-order valence-corrected chi connectivity index (χ0v) is 9.54. The monoisotopic (exact) mass is 223 g/mol. The van der Waals surface area contributed by atoms with Gasteiger partial charge in [0.2, 0.25) is 5.91 Å². The van der Waals surface area contributed by atoms with Gasteiger partial charge in [-0.3, -0.25) is 4.79 Å². The molecule has 1 aromatic rings. The first kappa shape index (κ1) is 12.2. The second kappa shape index (κ2) is 5.85. The predicted molar refractivity (Wildman–Crippen MR) is 64.6 cm³/mol. The van der Waals surface area contributed by atoms with Gasteiger partial charge in [-0.1, -0.05) is 0 Å². The first-order valence-corrected chi connectivity index (χ1v) is 5.05. The number of benzene rings is 1. The van der Waals surface area contributed by atoms with Crippen LogP contribution in [0.25, 0.3) is 0 Å². The molecule has 0 aliphatic rings. The Balaban J connectivity index is 2.45. The summed E-state index contributed by atoms with van der Waals surface area (Å²) in [7, 11) is 1.60. The van der Waals surface area contributed by atoms with Gasteiger partial charge in [0, 0.05) is 26.1 Å². The summed E-state index contributed by atoms with van der Waals surface area (Å²) in [5.74, 6) is 0.689. The van der Waals surface area contributed by atoms with Crippen molar-refractivity contribution in [3.8, 4) is 5.75 Å². The lowest BCUT2D eigenvalue weighted by molar-refractivity contribution is -0.118. The van der Waals surface area contributed by atoms with E-state index in [1.54, 1.807) is 13.2 Å². The Morgan fingerprint density at radius 1 is 1.44 bits per heavy atom. The van der Waals surface area contributed by atoms with E-state index in [9.17, 15) is 4.79 Å². The number of hydrogen-bond donors (Lipinski definition) is 3. The molecular weight excluding hydrogens is 206 g/mol. The molecule has 0 aliphatic carbocycles. The summed E-state index contributed by atoms with van der Waals surface area (Å²) < 4.78 is 5.04. The molecule has 0 aliphatic heterocycles. The molecule has 0 saturated carbocycles. The van der Waals surface area contributed by atoms with Crippen LogP contribution < -0.4 is 21.1 Å². The van der Waals surface area contributed by atoms with Crippen LogP contribution in [0, 0.1) is 0 Å². The fourth-order valence-electron chi connectivity index (χ4n) is 1.26. The Morgan fingerprint density at radius 2 is 2.19 bits per heavy atom. The Morgan fingerprint density at radius 3 is 2.75 bits per heavy atom. The van der Waals surface area contributed by atoms with E-state index in [4.69, 9.17) is 10.5 Å². The number of rotatable bonds is 5. The molecular formula is C11H17N3O2. The van der Waals surface area contributed by atoms with Crippen LogP contribution in [0.5, 0.6) is 5.75 Å². The third kappa shape index (κ3) is 3.68. The van der Waals surface area contributed by atoms with Gasteiger partial charge in [-0.25, -0.2) is 0 Å². The highest BCUT2D eigenvalue weighted by Gasteiger charge is 2.00. The summed E-state index contributed by atoms with van der Waals surface area (Å²) >= 11 is 0. The number of nitrogens with two attached hydrogens (primary N) is 1. The van der Waals surface area contributed by atoms with E-state index in [1.807, 2.05) is 12.1 Å². The van der Waals surface area contributed by atoms with Crippen molar-refractivity contribution in [1.82, 2.24) is 5.32 Å². The van der Waals surface area contributed by atoms with Crippen molar-refractivity contribution >= 4 is 17.3 Å². The minimum absolute atomic E-state index is 0.0375. The van der Waals surface area contributed by atoms with Crippen LogP contribution in [-0.4, -0.2) is 26.1 Å². The lowest BCUT2D eigenvalue weighted by Gasteiger charge is -2.10. The molecule has 0 spiro atoms. The lowest BCUT2D eigenvalue weighted by Crippen LogP contribution is -2.26. The van der Waals surface area contributed by atoms with Gasteiger partial charge in [0.15, 0.2) is 0 Å². The van der Waals surface area contributed by atoms with Gasteiger partial charge in [-0.05, 0) is 12.1 Å². The van der Waals surface area contributed by atoms with Crippen LogP contribution in [0.3, 0.4) is 0 Å². The highest BCUT2D eigenvalue weighted by atomic mass is 16.5. The molecule has 4 N–H and O–H groups in total. The van der Waals surface area contributed by atoms with Gasteiger partial charge < -0.3 is 21.1 Å². The molecule has 0 fully saturated rings. The number of nitrogens with one attached hydrogen (secondary N) is 2. The van der Waals surface area contributed by atoms with Gasteiger partial charge in [0.05, 0.1) is 18.5 Å². The van der Waals surface area contributed by atoms with Crippen molar-refractivity contribution in [2.75, 3.05) is 31.2 Å². The SMILES string of the molecule is COc1ccc(NCCNC(C)=O)c(N)c1. The normalized spacial score (nSPS) is 9.62. The van der Waals surface area contributed by atoms with E-state index in [1.165, 1.54) is 6.92 Å². The quantitative estimate of drug-likeness (QED) is 0.510. The van der Waals surface area contributed by atoms with Crippen molar-refractivity contribution in [2.24, 2.45) is 0 Å². The molecule has 1 rings (SSSR count). The number of methoxy groups -OCH3 is 1. The first-order chi connectivity index (χ1) is 7.63. The molecule has 0 saturated heterocycles. The molecule has 0 atom stereocenters. The molecule has 16 heavy (non-hydrogen) atoms. The van der Waals surface area contributed by atoms with Gasteiger partial charge >= 0.3 is 0 Å². The maximum atomic E-state index is 10.6. The van der Waals surface area contributed by atoms with Gasteiger partial charge in [0.25, 0.3) is 0 Å². The molecule has 1 aromatic carbocycles. The number of carbonyl (C=O) groups is 1. The number of carbonyl (C=O) groups excluding carboxylic acids is 1. The first-order valence-electron chi connectivity index (χ1n) is 5.05. The molecule has 0 bridgehead atoms. The lowest BCUT2D eigenvalue weighted by atomic mass is 10.2. The van der Waals surface area contributed by atoms with Gasteiger partial charge in [-0.2, -0.15) is 0 Å². The van der Waals surface area contributed by atoms with Crippen LogP contribution in [0.1, 0.15) is 6.92 Å². The minimum Gasteiger partial charge on any atom is -0.497 e. The zero-order valence-electron chi connectivity index (χ0n) is 9.54. The molecule has 0 radical (unpaired) electrons. The van der Waals surface area contributed by atoms with Crippen molar-refractivity contribution in [3.63, 3.8) is 0 Å². The third-order valence-electron chi connectivity index (χ3n) is 2.07. The maximum Gasteiger partial charge on any atom is 0.216 e. The summed E-state index contributed by atoms with van der Waals surface area (Å²) in [5, 5.41) is 5.82. The number of nitrogen functional groups attached to an aromatic ring is 1. The topological polar surface area (TPSA) is 76.4 Å². The van der Waals surface area contributed by atoms with Gasteiger partial charge in [-0.15, -0.1) is 0 Å². The largest absolute Gasteiger partial charge is 0.497 e. The standard InChI is InChI=1S/C11H17N3O2/c1-8(15)13-5-6-14-11-4-3-9(16-2)7-10(11)12/h3-4,7,14H,5-6,12H2,1-2H3,(H,13,15). The van der Waals surface area contributed by atoms with E-state index in [0.717, 1.165) is 11.4 Å². The van der Waals surface area contributed by atoms with Crippen molar-refractivity contribution in [2.45, 2.75) is 6.92 Å². The van der Waals surface area contributed by atoms with E-state index in [-0.39, 0.29) is 5.91 Å². The molecule has 0 unspecified atom stereocenters. The van der Waals surface area contributed by atoms with Crippen LogP contribution in [0.2, 0.25) is 0 Å². The summed E-state index contributed by atoms with van der Waals surface area (Å²) in [6.07, 6.45) is 0. The summed E-state index contributed by atoms with van der Waals surface area (Å²) in [5.41, 5.74) is 7.28. The smallest absolute Gasteiger partial charge is 0.216 e. The van der Waals surface area contributed by atoms with E-state index < -0.39 is 0 Å². The minimum atomic E-state index is -0.0375. The number of anilines is 2. The zero-order chi connectivity index (χ0) is 12.0. The van der Waals surface area contributed by atoms with Crippen LogP contribution in [0.15, 0.2) is 18.2 Å². The van der Waals surface area contributed by atoms with Crippen LogP contribution in [0.4, 0.5) is 11.4 Å². The molecule has 1 amide bonds.